The molecule has 0 unspecified atom stereocenters. The number of halogens is 1. The van der Waals surface area contributed by atoms with Crippen molar-refractivity contribution in [3.63, 3.8) is 0 Å². The molecular weight excluding hydrogens is 368 g/mol. The maximum absolute atomic E-state index is 12.0. The summed E-state index contributed by atoms with van der Waals surface area (Å²) in [5.41, 5.74) is 9.06. The third-order valence-corrected chi connectivity index (χ3v) is 5.50. The molecule has 28 heavy (non-hydrogen) atoms. The molecule has 5 rings (SSSR count). The van der Waals surface area contributed by atoms with Gasteiger partial charge in [0.2, 0.25) is 5.91 Å². The SMILES string of the molecule is NC(=O)c1cccc2c1c1[c]ccc(Cl)c1n2Cc1ccc2ccccc2c1. The van der Waals surface area contributed by atoms with Crippen molar-refractivity contribution in [3.05, 3.63) is 95.0 Å². The van der Waals surface area contributed by atoms with Gasteiger partial charge in [0.15, 0.2) is 0 Å². The number of aromatic nitrogens is 1. The molecule has 0 saturated heterocycles. The Hall–Kier alpha value is -3.30. The summed E-state index contributed by atoms with van der Waals surface area (Å²) in [6.07, 6.45) is 0. The molecule has 5 aromatic rings. The minimum Gasteiger partial charge on any atom is -0.366 e. The molecule has 0 spiro atoms. The van der Waals surface area contributed by atoms with E-state index in [0.717, 1.165) is 27.4 Å². The number of nitrogens with zero attached hydrogens (tertiary/aromatic N) is 1. The fourth-order valence-corrected chi connectivity index (χ4v) is 4.22. The highest BCUT2D eigenvalue weighted by Gasteiger charge is 2.18. The summed E-state index contributed by atoms with van der Waals surface area (Å²) < 4.78 is 2.14. The van der Waals surface area contributed by atoms with Crippen LogP contribution in [-0.4, -0.2) is 10.5 Å². The number of hydrogen-bond acceptors (Lipinski definition) is 1. The fraction of sp³-hybridized carbons (Fsp3) is 0.0417. The van der Waals surface area contributed by atoms with E-state index >= 15 is 0 Å². The Balaban J connectivity index is 1.79. The van der Waals surface area contributed by atoms with E-state index in [1.165, 1.54) is 10.8 Å². The van der Waals surface area contributed by atoms with Crippen LogP contribution in [-0.2, 0) is 6.54 Å². The molecule has 0 aliphatic rings. The van der Waals surface area contributed by atoms with Gasteiger partial charge in [-0.25, -0.2) is 0 Å². The van der Waals surface area contributed by atoms with Gasteiger partial charge >= 0.3 is 0 Å². The molecular formula is C24H16ClN2O. The van der Waals surface area contributed by atoms with Crippen molar-refractivity contribution in [2.75, 3.05) is 0 Å². The van der Waals surface area contributed by atoms with Crippen LogP contribution >= 0.6 is 11.6 Å². The van der Waals surface area contributed by atoms with Crippen molar-refractivity contribution >= 4 is 50.1 Å². The summed E-state index contributed by atoms with van der Waals surface area (Å²) in [5, 5.41) is 4.64. The van der Waals surface area contributed by atoms with Gasteiger partial charge in [-0.15, -0.1) is 0 Å². The van der Waals surface area contributed by atoms with Crippen LogP contribution in [0.5, 0.6) is 0 Å². The Bertz CT molecular complexity index is 1380. The van der Waals surface area contributed by atoms with E-state index in [2.05, 4.69) is 41.0 Å². The topological polar surface area (TPSA) is 48.0 Å². The molecule has 1 heterocycles. The fourth-order valence-electron chi connectivity index (χ4n) is 3.96. The van der Waals surface area contributed by atoms with Gasteiger partial charge in [-0.1, -0.05) is 60.1 Å². The number of fused-ring (bicyclic) bond motifs is 4. The van der Waals surface area contributed by atoms with Gasteiger partial charge in [0.05, 0.1) is 16.1 Å². The van der Waals surface area contributed by atoms with Crippen LogP contribution in [0.2, 0.25) is 5.02 Å². The highest BCUT2D eigenvalue weighted by atomic mass is 35.5. The number of nitrogens with two attached hydrogens (primary N) is 1. The van der Waals surface area contributed by atoms with Crippen LogP contribution in [0, 0.1) is 6.07 Å². The van der Waals surface area contributed by atoms with Gasteiger partial charge in [0.1, 0.15) is 0 Å². The molecule has 4 aromatic carbocycles. The lowest BCUT2D eigenvalue weighted by Gasteiger charge is -2.10. The van der Waals surface area contributed by atoms with Gasteiger partial charge in [-0.05, 0) is 46.7 Å². The second kappa shape index (κ2) is 6.39. The van der Waals surface area contributed by atoms with Crippen molar-refractivity contribution in [3.8, 4) is 0 Å². The number of rotatable bonds is 3. The molecule has 0 saturated carbocycles. The zero-order valence-corrected chi connectivity index (χ0v) is 15.7. The van der Waals surface area contributed by atoms with E-state index < -0.39 is 5.91 Å². The predicted octanol–water partition coefficient (Wildman–Crippen LogP) is 5.55. The Morgan fingerprint density at radius 2 is 1.82 bits per heavy atom. The largest absolute Gasteiger partial charge is 0.366 e. The Morgan fingerprint density at radius 3 is 2.64 bits per heavy atom. The van der Waals surface area contributed by atoms with Crippen LogP contribution in [0.15, 0.2) is 72.8 Å². The second-order valence-electron chi connectivity index (χ2n) is 6.88. The van der Waals surface area contributed by atoms with Crippen LogP contribution in [0.1, 0.15) is 15.9 Å². The van der Waals surface area contributed by atoms with E-state index in [-0.39, 0.29) is 0 Å². The first-order valence-electron chi connectivity index (χ1n) is 9.02. The van der Waals surface area contributed by atoms with Crippen LogP contribution in [0.4, 0.5) is 0 Å². The Labute approximate surface area is 166 Å². The lowest BCUT2D eigenvalue weighted by atomic mass is 10.1. The monoisotopic (exact) mass is 383 g/mol. The van der Waals surface area contributed by atoms with Crippen molar-refractivity contribution in [1.29, 1.82) is 0 Å². The molecule has 0 bridgehead atoms. The molecule has 1 amide bonds. The quantitative estimate of drug-likeness (QED) is 0.436. The zero-order chi connectivity index (χ0) is 19.3. The van der Waals surface area contributed by atoms with Gasteiger partial charge in [-0.3, -0.25) is 4.79 Å². The van der Waals surface area contributed by atoms with E-state index in [9.17, 15) is 4.79 Å². The second-order valence-corrected chi connectivity index (χ2v) is 7.29. The standard InChI is InChI=1S/C24H16ClN2O/c25-20-9-3-7-18-22-19(24(26)28)8-4-10-21(22)27(23(18)20)14-15-11-12-16-5-1-2-6-17(16)13-15/h1-6,8-13H,14H2,(H2,26,28). The molecule has 0 fully saturated rings. The summed E-state index contributed by atoms with van der Waals surface area (Å²) in [6.45, 7) is 0.630. The summed E-state index contributed by atoms with van der Waals surface area (Å²) >= 11 is 6.57. The minimum atomic E-state index is -0.455. The Kier molecular flexibility index (Phi) is 3.85. The number of carbonyl (C=O) groups excluding carboxylic acids is 1. The number of benzene rings is 4. The van der Waals surface area contributed by atoms with Crippen LogP contribution in [0.25, 0.3) is 32.6 Å². The first kappa shape index (κ1) is 16.8. The summed E-state index contributed by atoms with van der Waals surface area (Å²) in [4.78, 5) is 12.0. The molecule has 2 N–H and O–H groups in total. The Morgan fingerprint density at radius 1 is 1.00 bits per heavy atom. The van der Waals surface area contributed by atoms with E-state index in [0.29, 0.717) is 17.1 Å². The lowest BCUT2D eigenvalue weighted by molar-refractivity contribution is 0.100. The maximum atomic E-state index is 12.0. The third kappa shape index (κ3) is 2.55. The number of hydrogen-bond donors (Lipinski definition) is 1. The van der Waals surface area contributed by atoms with Gasteiger partial charge in [-0.2, -0.15) is 0 Å². The van der Waals surface area contributed by atoms with E-state index in [1.807, 2.05) is 30.3 Å². The molecule has 0 aliphatic heterocycles. The molecule has 0 atom stereocenters. The van der Waals surface area contributed by atoms with Gasteiger partial charge in [0.25, 0.3) is 0 Å². The number of carbonyl (C=O) groups is 1. The minimum absolute atomic E-state index is 0.455. The van der Waals surface area contributed by atoms with E-state index in [1.54, 1.807) is 12.1 Å². The first-order valence-corrected chi connectivity index (χ1v) is 9.40. The third-order valence-electron chi connectivity index (χ3n) is 5.19. The van der Waals surface area contributed by atoms with Gasteiger partial charge < -0.3 is 10.3 Å². The zero-order valence-electron chi connectivity index (χ0n) is 14.9. The van der Waals surface area contributed by atoms with Gasteiger partial charge in [0, 0.05) is 22.9 Å². The van der Waals surface area contributed by atoms with Crippen LogP contribution < -0.4 is 5.73 Å². The first-order chi connectivity index (χ1) is 13.6. The highest BCUT2D eigenvalue weighted by molar-refractivity contribution is 6.36. The molecule has 0 aliphatic carbocycles. The molecule has 1 radical (unpaired) electrons. The maximum Gasteiger partial charge on any atom is 0.249 e. The summed E-state index contributed by atoms with van der Waals surface area (Å²) in [6, 6.07) is 27.2. The molecule has 1 aromatic heterocycles. The summed E-state index contributed by atoms with van der Waals surface area (Å²) in [7, 11) is 0. The lowest BCUT2D eigenvalue weighted by Crippen LogP contribution is -2.11. The van der Waals surface area contributed by atoms with Crippen molar-refractivity contribution in [2.45, 2.75) is 6.54 Å². The average Bonchev–Trinajstić information content (AvgIpc) is 3.03. The normalized spacial score (nSPS) is 11.5. The highest BCUT2D eigenvalue weighted by Crippen LogP contribution is 2.35. The van der Waals surface area contributed by atoms with E-state index in [4.69, 9.17) is 17.3 Å². The van der Waals surface area contributed by atoms with Crippen LogP contribution in [0.3, 0.4) is 0 Å². The predicted molar refractivity (Wildman–Crippen MR) is 115 cm³/mol. The number of primary amides is 1. The average molecular weight is 384 g/mol. The number of amides is 1. The molecule has 3 nitrogen and oxygen atoms in total. The molecule has 4 heteroatoms. The molecule has 135 valence electrons. The summed E-state index contributed by atoms with van der Waals surface area (Å²) in [5.74, 6) is -0.455. The van der Waals surface area contributed by atoms with Crippen molar-refractivity contribution < 1.29 is 4.79 Å². The van der Waals surface area contributed by atoms with Crippen molar-refractivity contribution in [2.24, 2.45) is 5.73 Å². The smallest absolute Gasteiger partial charge is 0.249 e. The van der Waals surface area contributed by atoms with Crippen molar-refractivity contribution in [1.82, 2.24) is 4.57 Å².